The number of fused-ring (bicyclic) bond motifs is 5. The molecule has 1 heteroatoms. The van der Waals surface area contributed by atoms with E-state index in [2.05, 4.69) is 47.6 Å². The maximum atomic E-state index is 10.5. The summed E-state index contributed by atoms with van der Waals surface area (Å²) >= 11 is 0. The van der Waals surface area contributed by atoms with Gasteiger partial charge >= 0.3 is 0 Å². The van der Waals surface area contributed by atoms with Crippen molar-refractivity contribution in [2.45, 2.75) is 112 Å². The van der Waals surface area contributed by atoms with Crippen LogP contribution < -0.4 is 0 Å². The Morgan fingerprint density at radius 2 is 1.76 bits per heavy atom. The lowest BCUT2D eigenvalue weighted by Gasteiger charge is -2.59. The van der Waals surface area contributed by atoms with Crippen molar-refractivity contribution >= 4 is 0 Å². The normalized spacial score (nSPS) is 47.9. The molecule has 0 bridgehead atoms. The Hall–Kier alpha value is -0.300. The Morgan fingerprint density at radius 3 is 2.48 bits per heavy atom. The van der Waals surface area contributed by atoms with Gasteiger partial charge in [-0.3, -0.25) is 0 Å². The summed E-state index contributed by atoms with van der Waals surface area (Å²) in [7, 11) is 0. The van der Waals surface area contributed by atoms with Crippen LogP contribution in [0.4, 0.5) is 0 Å². The molecular weight excluding hydrogens is 352 g/mol. The van der Waals surface area contributed by atoms with Gasteiger partial charge in [-0.1, -0.05) is 72.5 Å². The minimum atomic E-state index is -0.109. The summed E-state index contributed by atoms with van der Waals surface area (Å²) in [5.74, 6) is 5.78. The van der Waals surface area contributed by atoms with Gasteiger partial charge in [0.2, 0.25) is 0 Å². The third kappa shape index (κ3) is 3.56. The van der Waals surface area contributed by atoms with Gasteiger partial charge < -0.3 is 5.11 Å². The third-order valence-corrected chi connectivity index (χ3v) is 10.8. The summed E-state index contributed by atoms with van der Waals surface area (Å²) in [5.41, 5.74) is 2.57. The summed E-state index contributed by atoms with van der Waals surface area (Å²) in [6.45, 7) is 14.9. The summed E-state index contributed by atoms with van der Waals surface area (Å²) in [6.07, 6.45) is 16.1. The van der Waals surface area contributed by atoms with Gasteiger partial charge in [0.25, 0.3) is 0 Å². The average Bonchev–Trinajstić information content (AvgIpc) is 3.02. The number of hydrogen-bond acceptors (Lipinski definition) is 1. The zero-order valence-electron chi connectivity index (χ0n) is 20.2. The molecule has 0 spiro atoms. The highest BCUT2D eigenvalue weighted by molar-refractivity contribution is 5.27. The topological polar surface area (TPSA) is 20.2 Å². The lowest BCUT2D eigenvalue weighted by Crippen LogP contribution is -2.52. The molecule has 0 saturated heterocycles. The van der Waals surface area contributed by atoms with Crippen LogP contribution in [0, 0.1) is 52.3 Å². The molecule has 4 rings (SSSR count). The molecule has 3 fully saturated rings. The minimum absolute atomic E-state index is 0.109. The summed E-state index contributed by atoms with van der Waals surface area (Å²) in [6, 6.07) is 0. The van der Waals surface area contributed by atoms with Gasteiger partial charge in [-0.2, -0.15) is 0 Å². The van der Waals surface area contributed by atoms with E-state index in [0.29, 0.717) is 16.7 Å². The van der Waals surface area contributed by atoms with Crippen molar-refractivity contribution in [3.8, 4) is 0 Å². The molecule has 3 saturated carbocycles. The fourth-order valence-electron chi connectivity index (χ4n) is 9.08. The SMILES string of the molecule is CC(C)CCC[C@@H](C)[C@H]1CC[C@H]2[C@@H]3CC=C4[C@@H](C)[C@@H](O)CC[C@]4(C)[C@@H]3CC[C@]12C. The van der Waals surface area contributed by atoms with Crippen LogP contribution in [0.3, 0.4) is 0 Å². The molecule has 0 radical (unpaired) electrons. The number of hydrogen-bond donors (Lipinski definition) is 1. The van der Waals surface area contributed by atoms with E-state index >= 15 is 0 Å². The predicted molar refractivity (Wildman–Crippen MR) is 124 cm³/mol. The van der Waals surface area contributed by atoms with E-state index in [-0.39, 0.29) is 6.10 Å². The molecule has 166 valence electrons. The van der Waals surface area contributed by atoms with Crippen LogP contribution in [0.2, 0.25) is 0 Å². The third-order valence-electron chi connectivity index (χ3n) is 10.8. The van der Waals surface area contributed by atoms with Gasteiger partial charge in [0.1, 0.15) is 0 Å². The van der Waals surface area contributed by atoms with Gasteiger partial charge in [0, 0.05) is 5.92 Å². The molecule has 0 unspecified atom stereocenters. The van der Waals surface area contributed by atoms with Crippen LogP contribution in [-0.2, 0) is 0 Å². The smallest absolute Gasteiger partial charge is 0.0603 e. The molecule has 0 aliphatic heterocycles. The van der Waals surface area contributed by atoms with E-state index in [1.807, 2.05) is 0 Å². The Bertz CT molecular complexity index is 620. The van der Waals surface area contributed by atoms with Crippen LogP contribution in [0.15, 0.2) is 11.6 Å². The summed E-state index contributed by atoms with van der Waals surface area (Å²) < 4.78 is 0. The van der Waals surface area contributed by atoms with Gasteiger partial charge in [-0.25, -0.2) is 0 Å². The molecular formula is C28H48O. The first-order valence-corrected chi connectivity index (χ1v) is 13.1. The van der Waals surface area contributed by atoms with E-state index in [1.54, 1.807) is 5.57 Å². The fourth-order valence-corrected chi connectivity index (χ4v) is 9.08. The largest absolute Gasteiger partial charge is 0.393 e. The van der Waals surface area contributed by atoms with Crippen molar-refractivity contribution in [2.24, 2.45) is 52.3 Å². The first-order chi connectivity index (χ1) is 13.7. The molecule has 0 amide bonds. The monoisotopic (exact) mass is 400 g/mol. The molecule has 4 aliphatic carbocycles. The zero-order valence-corrected chi connectivity index (χ0v) is 20.2. The van der Waals surface area contributed by atoms with Gasteiger partial charge in [0.15, 0.2) is 0 Å². The number of rotatable bonds is 5. The van der Waals surface area contributed by atoms with Crippen molar-refractivity contribution in [1.82, 2.24) is 0 Å². The van der Waals surface area contributed by atoms with Crippen LogP contribution >= 0.6 is 0 Å². The van der Waals surface area contributed by atoms with E-state index in [1.165, 1.54) is 57.8 Å². The zero-order chi connectivity index (χ0) is 21.0. The summed E-state index contributed by atoms with van der Waals surface area (Å²) in [4.78, 5) is 0. The van der Waals surface area contributed by atoms with Crippen LogP contribution in [0.25, 0.3) is 0 Å². The molecule has 0 aromatic heterocycles. The number of allylic oxidation sites excluding steroid dienone is 1. The second kappa shape index (κ2) is 7.99. The second-order valence-electron chi connectivity index (χ2n) is 12.6. The van der Waals surface area contributed by atoms with Crippen molar-refractivity contribution in [3.63, 3.8) is 0 Å². The highest BCUT2D eigenvalue weighted by atomic mass is 16.3. The molecule has 29 heavy (non-hydrogen) atoms. The standard InChI is InChI=1S/C28H48O/c1-18(2)8-7-9-19(3)22-12-13-24-21-10-11-23-20(4)26(29)15-17-28(23,6)25(21)14-16-27(22,24)5/h11,18-22,24-26,29H,7-10,12-17H2,1-6H3/t19-,20-,21+,22-,24+,25-,26+,27-,28+/m1/s1. The van der Waals surface area contributed by atoms with Crippen LogP contribution in [0.5, 0.6) is 0 Å². The quantitative estimate of drug-likeness (QED) is 0.470. The van der Waals surface area contributed by atoms with Gasteiger partial charge in [-0.05, 0) is 91.3 Å². The molecule has 9 atom stereocenters. The maximum absolute atomic E-state index is 10.5. The Labute approximate surface area is 181 Å². The molecule has 0 heterocycles. The van der Waals surface area contributed by atoms with E-state index in [9.17, 15) is 5.11 Å². The number of aliphatic hydroxyl groups excluding tert-OH is 1. The highest BCUT2D eigenvalue weighted by Crippen LogP contribution is 2.67. The van der Waals surface area contributed by atoms with Crippen molar-refractivity contribution in [3.05, 3.63) is 11.6 Å². The van der Waals surface area contributed by atoms with E-state index in [0.717, 1.165) is 41.9 Å². The maximum Gasteiger partial charge on any atom is 0.0603 e. The van der Waals surface area contributed by atoms with Crippen LogP contribution in [-0.4, -0.2) is 11.2 Å². The molecule has 0 aromatic carbocycles. The van der Waals surface area contributed by atoms with Crippen LogP contribution in [0.1, 0.15) is 106 Å². The fraction of sp³-hybridized carbons (Fsp3) is 0.929. The van der Waals surface area contributed by atoms with Crippen molar-refractivity contribution in [2.75, 3.05) is 0 Å². The Kier molecular flexibility index (Phi) is 6.04. The van der Waals surface area contributed by atoms with E-state index < -0.39 is 0 Å². The minimum Gasteiger partial charge on any atom is -0.393 e. The molecule has 1 N–H and O–H groups in total. The van der Waals surface area contributed by atoms with E-state index in [4.69, 9.17) is 0 Å². The van der Waals surface area contributed by atoms with Crippen molar-refractivity contribution in [1.29, 1.82) is 0 Å². The van der Waals surface area contributed by atoms with Gasteiger partial charge in [0.05, 0.1) is 6.10 Å². The number of aliphatic hydroxyl groups is 1. The second-order valence-corrected chi connectivity index (χ2v) is 12.6. The van der Waals surface area contributed by atoms with Gasteiger partial charge in [-0.15, -0.1) is 0 Å². The summed E-state index contributed by atoms with van der Waals surface area (Å²) in [5, 5.41) is 10.5. The average molecular weight is 401 g/mol. The molecule has 4 aliphatic rings. The predicted octanol–water partition coefficient (Wildman–Crippen LogP) is 7.63. The molecule has 0 aromatic rings. The first-order valence-electron chi connectivity index (χ1n) is 13.1. The highest BCUT2D eigenvalue weighted by Gasteiger charge is 2.59. The Balaban J connectivity index is 1.51. The Morgan fingerprint density at radius 1 is 1.00 bits per heavy atom. The lowest BCUT2D eigenvalue weighted by molar-refractivity contribution is -0.0644. The van der Waals surface area contributed by atoms with Crippen molar-refractivity contribution < 1.29 is 5.11 Å². The lowest BCUT2D eigenvalue weighted by atomic mass is 9.46. The molecule has 1 nitrogen and oxygen atoms in total. The first kappa shape index (κ1) is 21.9.